The molecule has 0 saturated heterocycles. The molecule has 0 aliphatic heterocycles. The number of benzene rings is 1. The summed E-state index contributed by atoms with van der Waals surface area (Å²) in [6.45, 7) is 2.67. The van der Waals surface area contributed by atoms with Gasteiger partial charge in [-0.2, -0.15) is 5.10 Å². The fourth-order valence-corrected chi connectivity index (χ4v) is 2.51. The van der Waals surface area contributed by atoms with Gasteiger partial charge in [-0.3, -0.25) is 5.10 Å². The number of halogens is 1. The van der Waals surface area contributed by atoms with Crippen molar-refractivity contribution in [2.24, 2.45) is 0 Å². The van der Waals surface area contributed by atoms with Gasteiger partial charge in [0.1, 0.15) is 5.75 Å². The van der Waals surface area contributed by atoms with E-state index >= 15 is 0 Å². The van der Waals surface area contributed by atoms with Gasteiger partial charge in [-0.1, -0.05) is 15.9 Å². The molecule has 2 aromatic heterocycles. The number of rotatable bonds is 4. The summed E-state index contributed by atoms with van der Waals surface area (Å²) in [6, 6.07) is 7.97. The summed E-state index contributed by atoms with van der Waals surface area (Å²) in [4.78, 5) is 4.33. The Kier molecular flexibility index (Phi) is 3.79. The van der Waals surface area contributed by atoms with E-state index in [-0.39, 0.29) is 0 Å². The fourth-order valence-electron chi connectivity index (χ4n) is 2.13. The summed E-state index contributed by atoms with van der Waals surface area (Å²) in [6.07, 6.45) is 1.79. The molecule has 0 atom stereocenters. The zero-order chi connectivity index (χ0) is 14.8. The first kappa shape index (κ1) is 13.9. The maximum absolute atomic E-state index is 5.25. The number of nitrogens with zero attached hydrogens (tertiary/aromatic N) is 2. The number of aromatic nitrogens is 3. The molecule has 0 amide bonds. The van der Waals surface area contributed by atoms with E-state index in [2.05, 4.69) is 42.5 Å². The summed E-state index contributed by atoms with van der Waals surface area (Å²) in [5, 5.41) is 11.5. The van der Waals surface area contributed by atoms with Gasteiger partial charge < -0.3 is 10.1 Å². The molecular formula is C15H15BrN4O. The fraction of sp³-hybridized carbons (Fsp3) is 0.200. The molecular weight excluding hydrogens is 332 g/mol. The van der Waals surface area contributed by atoms with Gasteiger partial charge >= 0.3 is 0 Å². The molecule has 3 rings (SSSR count). The van der Waals surface area contributed by atoms with Crippen LogP contribution in [0.15, 0.2) is 34.9 Å². The van der Waals surface area contributed by atoms with E-state index in [1.807, 2.05) is 25.1 Å². The van der Waals surface area contributed by atoms with Crippen LogP contribution in [0.1, 0.15) is 11.3 Å². The minimum absolute atomic E-state index is 0.682. The third kappa shape index (κ3) is 2.85. The Hall–Kier alpha value is -2.08. The van der Waals surface area contributed by atoms with Crippen LogP contribution < -0.4 is 10.1 Å². The van der Waals surface area contributed by atoms with Gasteiger partial charge in [0, 0.05) is 22.1 Å². The first-order valence-corrected chi connectivity index (χ1v) is 7.33. The van der Waals surface area contributed by atoms with Crippen LogP contribution in [-0.4, -0.2) is 22.3 Å². The average Bonchev–Trinajstić information content (AvgIpc) is 2.87. The summed E-state index contributed by atoms with van der Waals surface area (Å²) >= 11 is 3.55. The number of fused-ring (bicyclic) bond motifs is 1. The van der Waals surface area contributed by atoms with Crippen LogP contribution in [0.3, 0.4) is 0 Å². The van der Waals surface area contributed by atoms with Gasteiger partial charge in [0.2, 0.25) is 0 Å². The zero-order valence-corrected chi connectivity index (χ0v) is 13.4. The second-order valence-electron chi connectivity index (χ2n) is 4.75. The van der Waals surface area contributed by atoms with Crippen molar-refractivity contribution in [3.8, 4) is 5.75 Å². The van der Waals surface area contributed by atoms with Crippen molar-refractivity contribution in [3.63, 3.8) is 0 Å². The highest BCUT2D eigenvalue weighted by Gasteiger charge is 2.05. The first-order valence-electron chi connectivity index (χ1n) is 6.54. The van der Waals surface area contributed by atoms with E-state index in [1.54, 1.807) is 13.3 Å². The standard InChI is InChI=1S/C15H15BrN4O/c1-9-13-6-11(8-18-15(13)20-19-9)17-7-10-5-12(21-2)3-4-14(10)16/h3-6,8,17H,7H2,1-2H3,(H,18,19,20). The molecule has 3 aromatic rings. The summed E-state index contributed by atoms with van der Waals surface area (Å²) < 4.78 is 6.30. The first-order chi connectivity index (χ1) is 10.2. The van der Waals surface area contributed by atoms with Gasteiger partial charge in [-0.05, 0) is 36.8 Å². The number of H-pyrrole nitrogens is 1. The van der Waals surface area contributed by atoms with E-state index < -0.39 is 0 Å². The molecule has 2 N–H and O–H groups in total. The number of hydrogen-bond donors (Lipinski definition) is 2. The lowest BCUT2D eigenvalue weighted by atomic mass is 10.2. The van der Waals surface area contributed by atoms with Crippen LogP contribution in [0.5, 0.6) is 5.75 Å². The molecule has 0 aliphatic rings. The maximum atomic E-state index is 5.25. The maximum Gasteiger partial charge on any atom is 0.181 e. The van der Waals surface area contributed by atoms with Gasteiger partial charge in [0.05, 0.1) is 19.0 Å². The molecule has 1 aromatic carbocycles. The van der Waals surface area contributed by atoms with Gasteiger partial charge in [-0.25, -0.2) is 4.98 Å². The lowest BCUT2D eigenvalue weighted by Crippen LogP contribution is -2.01. The molecule has 0 bridgehead atoms. The predicted octanol–water partition coefficient (Wildman–Crippen LogP) is 3.65. The quantitative estimate of drug-likeness (QED) is 0.756. The SMILES string of the molecule is COc1ccc(Br)c(CNc2cnc3n[nH]c(C)c3c2)c1. The minimum Gasteiger partial charge on any atom is -0.497 e. The number of ether oxygens (including phenoxy) is 1. The largest absolute Gasteiger partial charge is 0.497 e. The Bertz CT molecular complexity index is 784. The van der Waals surface area contributed by atoms with Crippen molar-refractivity contribution < 1.29 is 4.74 Å². The Morgan fingerprint density at radius 3 is 3.00 bits per heavy atom. The number of hydrogen-bond acceptors (Lipinski definition) is 4. The second-order valence-corrected chi connectivity index (χ2v) is 5.61. The third-order valence-corrected chi connectivity index (χ3v) is 4.11. The number of anilines is 1. The van der Waals surface area contributed by atoms with Crippen molar-refractivity contribution >= 4 is 32.7 Å². The molecule has 6 heteroatoms. The molecule has 0 aliphatic carbocycles. The predicted molar refractivity (Wildman–Crippen MR) is 86.6 cm³/mol. The zero-order valence-electron chi connectivity index (χ0n) is 11.8. The van der Waals surface area contributed by atoms with Crippen LogP contribution >= 0.6 is 15.9 Å². The number of aryl methyl sites for hydroxylation is 1. The highest BCUT2D eigenvalue weighted by atomic mass is 79.9. The van der Waals surface area contributed by atoms with Crippen LogP contribution in [0.4, 0.5) is 5.69 Å². The molecule has 5 nitrogen and oxygen atoms in total. The Morgan fingerprint density at radius 2 is 2.19 bits per heavy atom. The molecule has 0 radical (unpaired) electrons. The Morgan fingerprint density at radius 1 is 1.33 bits per heavy atom. The van der Waals surface area contributed by atoms with Gasteiger partial charge in [0.25, 0.3) is 0 Å². The van der Waals surface area contributed by atoms with Gasteiger partial charge in [0.15, 0.2) is 5.65 Å². The Labute approximate surface area is 130 Å². The van der Waals surface area contributed by atoms with Crippen molar-refractivity contribution in [2.75, 3.05) is 12.4 Å². The van der Waals surface area contributed by atoms with Crippen LogP contribution in [-0.2, 0) is 6.54 Å². The van der Waals surface area contributed by atoms with E-state index in [4.69, 9.17) is 4.74 Å². The van der Waals surface area contributed by atoms with E-state index in [0.717, 1.165) is 38.2 Å². The van der Waals surface area contributed by atoms with Crippen molar-refractivity contribution in [1.82, 2.24) is 15.2 Å². The Balaban J connectivity index is 1.81. The lowest BCUT2D eigenvalue weighted by molar-refractivity contribution is 0.414. The lowest BCUT2D eigenvalue weighted by Gasteiger charge is -2.10. The normalized spacial score (nSPS) is 10.8. The summed E-state index contributed by atoms with van der Waals surface area (Å²) in [5.74, 6) is 0.842. The molecule has 0 saturated carbocycles. The number of nitrogens with one attached hydrogen (secondary N) is 2. The van der Waals surface area contributed by atoms with Crippen molar-refractivity contribution in [1.29, 1.82) is 0 Å². The van der Waals surface area contributed by atoms with Gasteiger partial charge in [-0.15, -0.1) is 0 Å². The van der Waals surface area contributed by atoms with Crippen LogP contribution in [0, 0.1) is 6.92 Å². The number of methoxy groups -OCH3 is 1. The third-order valence-electron chi connectivity index (χ3n) is 3.34. The molecule has 108 valence electrons. The minimum atomic E-state index is 0.682. The summed E-state index contributed by atoms with van der Waals surface area (Å²) in [7, 11) is 1.67. The monoisotopic (exact) mass is 346 g/mol. The molecule has 2 heterocycles. The topological polar surface area (TPSA) is 62.8 Å². The summed E-state index contributed by atoms with van der Waals surface area (Å²) in [5.41, 5.74) is 3.84. The molecule has 21 heavy (non-hydrogen) atoms. The number of aromatic amines is 1. The second kappa shape index (κ2) is 5.73. The van der Waals surface area contributed by atoms with Crippen LogP contribution in [0.25, 0.3) is 11.0 Å². The average molecular weight is 347 g/mol. The van der Waals surface area contributed by atoms with E-state index in [1.165, 1.54) is 0 Å². The number of pyridine rings is 1. The highest BCUT2D eigenvalue weighted by molar-refractivity contribution is 9.10. The molecule has 0 unspecified atom stereocenters. The van der Waals surface area contributed by atoms with Crippen molar-refractivity contribution in [2.45, 2.75) is 13.5 Å². The van der Waals surface area contributed by atoms with Crippen LogP contribution in [0.2, 0.25) is 0 Å². The highest BCUT2D eigenvalue weighted by Crippen LogP contribution is 2.24. The smallest absolute Gasteiger partial charge is 0.181 e. The molecule has 0 fully saturated rings. The molecule has 0 spiro atoms. The van der Waals surface area contributed by atoms with E-state index in [9.17, 15) is 0 Å². The van der Waals surface area contributed by atoms with Crippen molar-refractivity contribution in [3.05, 3.63) is 46.2 Å². The van der Waals surface area contributed by atoms with E-state index in [0.29, 0.717) is 6.54 Å².